The molecule has 2 aromatic carbocycles. The van der Waals surface area contributed by atoms with Crippen LogP contribution in [0.4, 0.5) is 8.78 Å². The Balaban J connectivity index is 1.58. The van der Waals surface area contributed by atoms with Crippen LogP contribution in [0.15, 0.2) is 54.7 Å². The van der Waals surface area contributed by atoms with Gasteiger partial charge in [-0.3, -0.25) is 4.90 Å². The number of H-pyrrole nitrogens is 1. The molecule has 0 saturated carbocycles. The van der Waals surface area contributed by atoms with Crippen LogP contribution in [-0.2, 0) is 11.3 Å². The fourth-order valence-corrected chi connectivity index (χ4v) is 3.23. The summed E-state index contributed by atoms with van der Waals surface area (Å²) in [7, 11) is 0. The van der Waals surface area contributed by atoms with E-state index in [-0.39, 0.29) is 17.7 Å². The maximum absolute atomic E-state index is 14.0. The van der Waals surface area contributed by atoms with Gasteiger partial charge in [0.25, 0.3) is 0 Å². The van der Waals surface area contributed by atoms with Gasteiger partial charge in [0.1, 0.15) is 17.5 Å². The number of nitrogens with one attached hydrogen (secondary N) is 1. The van der Waals surface area contributed by atoms with E-state index in [0.29, 0.717) is 31.9 Å². The molecule has 4 rings (SSSR count). The molecule has 0 bridgehead atoms. The third kappa shape index (κ3) is 3.52. The summed E-state index contributed by atoms with van der Waals surface area (Å²) in [6.07, 6.45) is 1.69. The first kappa shape index (κ1) is 16.9. The summed E-state index contributed by atoms with van der Waals surface area (Å²) in [5.74, 6) is 0.235. The molecule has 4 nitrogen and oxygen atoms in total. The zero-order valence-corrected chi connectivity index (χ0v) is 14.2. The van der Waals surface area contributed by atoms with Crippen LogP contribution in [0.1, 0.15) is 17.4 Å². The molecular formula is C20H19F2N3O. The Hall–Kier alpha value is -2.57. The zero-order chi connectivity index (χ0) is 17.9. The number of hydrogen-bond donors (Lipinski definition) is 1. The summed E-state index contributed by atoms with van der Waals surface area (Å²) in [5, 5.41) is 0. The Labute approximate surface area is 150 Å². The third-order valence-corrected chi connectivity index (χ3v) is 4.62. The predicted molar refractivity (Wildman–Crippen MR) is 94.4 cm³/mol. The van der Waals surface area contributed by atoms with Crippen molar-refractivity contribution in [2.24, 2.45) is 0 Å². The lowest BCUT2D eigenvalue weighted by molar-refractivity contribution is -0.0160. The van der Waals surface area contributed by atoms with Crippen LogP contribution in [0.5, 0.6) is 0 Å². The summed E-state index contributed by atoms with van der Waals surface area (Å²) < 4.78 is 33.1. The largest absolute Gasteiger partial charge is 0.378 e. The van der Waals surface area contributed by atoms with E-state index in [1.165, 1.54) is 18.2 Å². The Morgan fingerprint density at radius 3 is 2.88 bits per heavy atom. The highest BCUT2D eigenvalue weighted by Crippen LogP contribution is 2.27. The molecule has 1 aliphatic rings. The number of aromatic nitrogens is 2. The molecule has 2 heterocycles. The standard InChI is InChI=1S/C20H19F2N3O/c21-16-6-3-5-14(10-16)18-11-23-20(24-18)19-13-26-9-8-25(19)12-15-4-1-2-7-17(15)22/h1-7,10-11,19H,8-9,12-13H2,(H,23,24)/t19-/m0/s1. The summed E-state index contributed by atoms with van der Waals surface area (Å²) in [4.78, 5) is 9.88. The first-order chi connectivity index (χ1) is 12.7. The van der Waals surface area contributed by atoms with E-state index in [9.17, 15) is 8.78 Å². The van der Waals surface area contributed by atoms with Gasteiger partial charge in [-0.05, 0) is 18.2 Å². The van der Waals surface area contributed by atoms with Crippen LogP contribution >= 0.6 is 0 Å². The van der Waals surface area contributed by atoms with Crippen molar-refractivity contribution in [2.75, 3.05) is 19.8 Å². The minimum Gasteiger partial charge on any atom is -0.378 e. The third-order valence-electron chi connectivity index (χ3n) is 4.62. The molecular weight excluding hydrogens is 336 g/mol. The second kappa shape index (κ2) is 7.35. The van der Waals surface area contributed by atoms with Crippen LogP contribution < -0.4 is 0 Å². The minimum absolute atomic E-state index is 0.106. The lowest BCUT2D eigenvalue weighted by atomic mass is 10.1. The van der Waals surface area contributed by atoms with Crippen molar-refractivity contribution in [1.82, 2.24) is 14.9 Å². The fraction of sp³-hybridized carbons (Fsp3) is 0.250. The van der Waals surface area contributed by atoms with Gasteiger partial charge < -0.3 is 9.72 Å². The average Bonchev–Trinajstić information content (AvgIpc) is 3.14. The monoisotopic (exact) mass is 355 g/mol. The molecule has 3 aromatic rings. The van der Waals surface area contributed by atoms with E-state index >= 15 is 0 Å². The topological polar surface area (TPSA) is 41.1 Å². The SMILES string of the molecule is Fc1cccc(-c2cnc([C@@H]3COCCN3Cc3ccccc3F)[nH]2)c1. The van der Waals surface area contributed by atoms with Gasteiger partial charge in [-0.1, -0.05) is 30.3 Å². The second-order valence-electron chi connectivity index (χ2n) is 6.35. The molecule has 26 heavy (non-hydrogen) atoms. The zero-order valence-electron chi connectivity index (χ0n) is 14.2. The molecule has 6 heteroatoms. The van der Waals surface area contributed by atoms with Crippen LogP contribution in [0.3, 0.4) is 0 Å². The Morgan fingerprint density at radius 2 is 2.04 bits per heavy atom. The molecule has 134 valence electrons. The average molecular weight is 355 g/mol. The maximum atomic E-state index is 14.0. The predicted octanol–water partition coefficient (Wildman–Crippen LogP) is 3.93. The Kier molecular flexibility index (Phi) is 4.77. The normalized spacial score (nSPS) is 18.2. The van der Waals surface area contributed by atoms with Crippen LogP contribution in [0.25, 0.3) is 11.3 Å². The molecule has 1 aromatic heterocycles. The van der Waals surface area contributed by atoms with Crippen molar-refractivity contribution in [2.45, 2.75) is 12.6 Å². The minimum atomic E-state index is -0.291. The lowest BCUT2D eigenvalue weighted by Gasteiger charge is -2.34. The van der Waals surface area contributed by atoms with Gasteiger partial charge >= 0.3 is 0 Å². The van der Waals surface area contributed by atoms with Gasteiger partial charge in [-0.2, -0.15) is 0 Å². The number of halogens is 2. The van der Waals surface area contributed by atoms with E-state index in [2.05, 4.69) is 14.9 Å². The summed E-state index contributed by atoms with van der Waals surface area (Å²) in [5.41, 5.74) is 2.13. The van der Waals surface area contributed by atoms with E-state index in [1.807, 2.05) is 12.1 Å². The first-order valence-electron chi connectivity index (χ1n) is 8.57. The van der Waals surface area contributed by atoms with Gasteiger partial charge in [0.05, 0.1) is 31.1 Å². The number of nitrogens with zero attached hydrogens (tertiary/aromatic N) is 2. The smallest absolute Gasteiger partial charge is 0.127 e. The van der Waals surface area contributed by atoms with E-state index in [4.69, 9.17) is 4.74 Å². The van der Waals surface area contributed by atoms with Crippen LogP contribution in [-0.4, -0.2) is 34.6 Å². The molecule has 0 radical (unpaired) electrons. The molecule has 0 spiro atoms. The van der Waals surface area contributed by atoms with Crippen molar-refractivity contribution < 1.29 is 13.5 Å². The number of aromatic amines is 1. The van der Waals surface area contributed by atoms with Crippen molar-refractivity contribution in [1.29, 1.82) is 0 Å². The highest BCUT2D eigenvalue weighted by Gasteiger charge is 2.27. The quantitative estimate of drug-likeness (QED) is 0.771. The summed E-state index contributed by atoms with van der Waals surface area (Å²) in [6, 6.07) is 13.1. The van der Waals surface area contributed by atoms with Gasteiger partial charge in [0, 0.05) is 24.2 Å². The number of rotatable bonds is 4. The van der Waals surface area contributed by atoms with Gasteiger partial charge in [-0.15, -0.1) is 0 Å². The molecule has 1 atom stereocenters. The van der Waals surface area contributed by atoms with Crippen molar-refractivity contribution in [3.05, 3.63) is 77.8 Å². The summed E-state index contributed by atoms with van der Waals surface area (Å²) >= 11 is 0. The van der Waals surface area contributed by atoms with Gasteiger partial charge in [-0.25, -0.2) is 13.8 Å². The highest BCUT2D eigenvalue weighted by molar-refractivity contribution is 5.58. The number of benzene rings is 2. The molecule has 1 aliphatic heterocycles. The van der Waals surface area contributed by atoms with Crippen LogP contribution in [0.2, 0.25) is 0 Å². The maximum Gasteiger partial charge on any atom is 0.127 e. The van der Waals surface area contributed by atoms with Gasteiger partial charge in [0.15, 0.2) is 0 Å². The summed E-state index contributed by atoms with van der Waals surface area (Å²) in [6.45, 7) is 2.25. The number of imidazole rings is 1. The molecule has 0 amide bonds. The second-order valence-corrected chi connectivity index (χ2v) is 6.35. The van der Waals surface area contributed by atoms with E-state index in [0.717, 1.165) is 17.1 Å². The van der Waals surface area contributed by atoms with Crippen molar-refractivity contribution >= 4 is 0 Å². The van der Waals surface area contributed by atoms with E-state index < -0.39 is 0 Å². The fourth-order valence-electron chi connectivity index (χ4n) is 3.23. The Bertz CT molecular complexity index is 896. The molecule has 1 N–H and O–H groups in total. The number of ether oxygens (including phenoxy) is 1. The van der Waals surface area contributed by atoms with Crippen molar-refractivity contribution in [3.8, 4) is 11.3 Å². The molecule has 1 fully saturated rings. The number of hydrogen-bond acceptors (Lipinski definition) is 3. The molecule has 1 saturated heterocycles. The van der Waals surface area contributed by atoms with E-state index in [1.54, 1.807) is 24.4 Å². The van der Waals surface area contributed by atoms with Gasteiger partial charge in [0.2, 0.25) is 0 Å². The van der Waals surface area contributed by atoms with Crippen LogP contribution in [0, 0.1) is 11.6 Å². The molecule has 0 unspecified atom stereocenters. The van der Waals surface area contributed by atoms with Crippen molar-refractivity contribution in [3.63, 3.8) is 0 Å². The Morgan fingerprint density at radius 1 is 1.15 bits per heavy atom. The lowest BCUT2D eigenvalue weighted by Crippen LogP contribution is -2.39. The number of morpholine rings is 1. The molecule has 0 aliphatic carbocycles. The first-order valence-corrected chi connectivity index (χ1v) is 8.57. The highest BCUT2D eigenvalue weighted by atomic mass is 19.1.